The van der Waals surface area contributed by atoms with E-state index in [9.17, 15) is 5.11 Å². The Morgan fingerprint density at radius 3 is 3.18 bits per heavy atom. The van der Waals surface area contributed by atoms with Crippen LogP contribution in [0.1, 0.15) is 30.9 Å². The number of ether oxygens (including phenoxy) is 1. The van der Waals surface area contributed by atoms with E-state index in [0.29, 0.717) is 11.8 Å². The van der Waals surface area contributed by atoms with Crippen LogP contribution in [-0.2, 0) is 16.8 Å². The van der Waals surface area contributed by atoms with Crippen LogP contribution < -0.4 is 5.32 Å². The smallest absolute Gasteiger partial charge is 0.121 e. The van der Waals surface area contributed by atoms with E-state index in [-0.39, 0.29) is 5.60 Å². The van der Waals surface area contributed by atoms with Crippen molar-refractivity contribution in [3.8, 4) is 5.75 Å². The highest BCUT2D eigenvalue weighted by Gasteiger charge is 2.42. The Labute approximate surface area is 102 Å². The van der Waals surface area contributed by atoms with Crippen LogP contribution in [0, 0.1) is 0 Å². The predicted octanol–water partition coefficient (Wildman–Crippen LogP) is 1.93. The summed E-state index contributed by atoms with van der Waals surface area (Å²) < 4.78 is 6.08. The van der Waals surface area contributed by atoms with Crippen molar-refractivity contribution >= 4 is 0 Å². The standard InChI is InChI=1S/C14H19NO2/c1-10-9-14(6-7-15-10)13-11(5-8-17-14)3-2-4-12(13)16/h2-4,10,15-16H,5-9H2,1H3/t10-,14?/m0/s1. The van der Waals surface area contributed by atoms with Gasteiger partial charge in [-0.1, -0.05) is 12.1 Å². The molecule has 3 heteroatoms. The van der Waals surface area contributed by atoms with Gasteiger partial charge >= 0.3 is 0 Å². The normalized spacial score (nSPS) is 32.4. The molecule has 2 aliphatic rings. The molecule has 17 heavy (non-hydrogen) atoms. The summed E-state index contributed by atoms with van der Waals surface area (Å²) in [6.45, 7) is 3.90. The van der Waals surface area contributed by atoms with Gasteiger partial charge in [-0.15, -0.1) is 0 Å². The van der Waals surface area contributed by atoms with E-state index in [0.717, 1.165) is 38.0 Å². The molecule has 2 atom stereocenters. The molecule has 0 aromatic heterocycles. The van der Waals surface area contributed by atoms with Crippen LogP contribution in [0.3, 0.4) is 0 Å². The summed E-state index contributed by atoms with van der Waals surface area (Å²) in [4.78, 5) is 0. The molecule has 1 aromatic carbocycles. The lowest BCUT2D eigenvalue weighted by molar-refractivity contribution is -0.0891. The molecule has 0 aliphatic carbocycles. The molecular formula is C14H19NO2. The Bertz CT molecular complexity index is 432. The average molecular weight is 233 g/mol. The average Bonchev–Trinajstić information content (AvgIpc) is 2.29. The number of hydrogen-bond acceptors (Lipinski definition) is 3. The van der Waals surface area contributed by atoms with E-state index >= 15 is 0 Å². The zero-order valence-corrected chi connectivity index (χ0v) is 10.2. The highest BCUT2D eigenvalue weighted by Crippen LogP contribution is 2.45. The summed E-state index contributed by atoms with van der Waals surface area (Å²) in [6, 6.07) is 6.26. The number of hydrogen-bond donors (Lipinski definition) is 2. The first-order valence-corrected chi connectivity index (χ1v) is 6.40. The van der Waals surface area contributed by atoms with Crippen LogP contribution in [0.2, 0.25) is 0 Å². The third-order valence-corrected chi connectivity index (χ3v) is 3.99. The molecule has 1 saturated heterocycles. The fourth-order valence-corrected chi connectivity index (χ4v) is 3.30. The third-order valence-electron chi connectivity index (χ3n) is 3.99. The van der Waals surface area contributed by atoms with Crippen molar-refractivity contribution in [1.82, 2.24) is 5.32 Å². The van der Waals surface area contributed by atoms with Gasteiger partial charge < -0.3 is 15.2 Å². The lowest BCUT2D eigenvalue weighted by Gasteiger charge is -2.44. The SMILES string of the molecule is C[C@H]1CC2(CCN1)OCCc1cccc(O)c12. The summed E-state index contributed by atoms with van der Waals surface area (Å²) in [6.07, 6.45) is 2.80. The summed E-state index contributed by atoms with van der Waals surface area (Å²) in [7, 11) is 0. The second-order valence-corrected chi connectivity index (χ2v) is 5.21. The van der Waals surface area contributed by atoms with E-state index in [4.69, 9.17) is 4.74 Å². The van der Waals surface area contributed by atoms with Crippen LogP contribution >= 0.6 is 0 Å². The molecule has 92 valence electrons. The summed E-state index contributed by atoms with van der Waals surface area (Å²) in [5, 5.41) is 13.6. The molecule has 0 radical (unpaired) electrons. The maximum Gasteiger partial charge on any atom is 0.121 e. The second-order valence-electron chi connectivity index (χ2n) is 5.21. The number of phenolic OH excluding ortho intramolecular Hbond substituents is 1. The number of benzene rings is 1. The lowest BCUT2D eigenvalue weighted by atomic mass is 9.77. The lowest BCUT2D eigenvalue weighted by Crippen LogP contribution is -2.48. The number of fused-ring (bicyclic) bond motifs is 2. The Balaban J connectivity index is 2.09. The van der Waals surface area contributed by atoms with Gasteiger partial charge in [0.05, 0.1) is 12.2 Å². The van der Waals surface area contributed by atoms with Crippen LogP contribution in [0.4, 0.5) is 0 Å². The fourth-order valence-electron chi connectivity index (χ4n) is 3.30. The van der Waals surface area contributed by atoms with Crippen LogP contribution in [0.15, 0.2) is 18.2 Å². The first-order chi connectivity index (χ1) is 8.21. The number of piperidine rings is 1. The van der Waals surface area contributed by atoms with Gasteiger partial charge in [-0.25, -0.2) is 0 Å². The minimum atomic E-state index is -0.260. The number of nitrogens with one attached hydrogen (secondary N) is 1. The molecule has 0 saturated carbocycles. The molecule has 2 N–H and O–H groups in total. The molecule has 2 heterocycles. The first kappa shape index (κ1) is 11.1. The highest BCUT2D eigenvalue weighted by molar-refractivity contribution is 5.45. The zero-order valence-electron chi connectivity index (χ0n) is 10.2. The largest absolute Gasteiger partial charge is 0.508 e. The van der Waals surface area contributed by atoms with Crippen molar-refractivity contribution in [2.24, 2.45) is 0 Å². The van der Waals surface area contributed by atoms with Gasteiger partial charge in [-0.05, 0) is 44.4 Å². The molecule has 1 aromatic rings. The van der Waals surface area contributed by atoms with Crippen molar-refractivity contribution in [3.63, 3.8) is 0 Å². The highest BCUT2D eigenvalue weighted by atomic mass is 16.5. The van der Waals surface area contributed by atoms with Gasteiger partial charge in [0.2, 0.25) is 0 Å². The molecule has 1 fully saturated rings. The maximum atomic E-state index is 10.2. The molecule has 1 spiro atoms. The third kappa shape index (κ3) is 1.74. The quantitative estimate of drug-likeness (QED) is 0.719. The minimum Gasteiger partial charge on any atom is -0.508 e. The number of rotatable bonds is 0. The van der Waals surface area contributed by atoms with Gasteiger partial charge in [0.15, 0.2) is 0 Å². The molecule has 0 bridgehead atoms. The van der Waals surface area contributed by atoms with Crippen molar-refractivity contribution in [1.29, 1.82) is 0 Å². The van der Waals surface area contributed by atoms with Gasteiger partial charge in [0.1, 0.15) is 5.75 Å². The van der Waals surface area contributed by atoms with Crippen molar-refractivity contribution in [2.75, 3.05) is 13.2 Å². The minimum absolute atomic E-state index is 0.260. The fraction of sp³-hybridized carbons (Fsp3) is 0.571. The Kier molecular flexibility index (Phi) is 2.60. The molecule has 0 amide bonds. The maximum absolute atomic E-state index is 10.2. The molecule has 3 rings (SSSR count). The molecule has 1 unspecified atom stereocenters. The van der Waals surface area contributed by atoms with Crippen LogP contribution in [-0.4, -0.2) is 24.3 Å². The summed E-state index contributed by atoms with van der Waals surface area (Å²) in [5.74, 6) is 0.399. The molecule has 2 aliphatic heterocycles. The van der Waals surface area contributed by atoms with Crippen molar-refractivity contribution < 1.29 is 9.84 Å². The van der Waals surface area contributed by atoms with E-state index in [1.165, 1.54) is 5.56 Å². The predicted molar refractivity (Wildman–Crippen MR) is 66.1 cm³/mol. The van der Waals surface area contributed by atoms with E-state index in [2.05, 4.69) is 18.3 Å². The van der Waals surface area contributed by atoms with E-state index in [1.807, 2.05) is 6.07 Å². The van der Waals surface area contributed by atoms with E-state index in [1.54, 1.807) is 6.07 Å². The Morgan fingerprint density at radius 2 is 2.35 bits per heavy atom. The van der Waals surface area contributed by atoms with Gasteiger partial charge in [0.25, 0.3) is 0 Å². The van der Waals surface area contributed by atoms with Gasteiger partial charge in [-0.2, -0.15) is 0 Å². The topological polar surface area (TPSA) is 41.5 Å². The second kappa shape index (κ2) is 4.00. The van der Waals surface area contributed by atoms with Crippen LogP contribution in [0.5, 0.6) is 5.75 Å². The van der Waals surface area contributed by atoms with Crippen molar-refractivity contribution in [2.45, 2.75) is 37.8 Å². The van der Waals surface area contributed by atoms with Crippen molar-refractivity contribution in [3.05, 3.63) is 29.3 Å². The number of phenols is 1. The van der Waals surface area contributed by atoms with Crippen LogP contribution in [0.25, 0.3) is 0 Å². The van der Waals surface area contributed by atoms with Gasteiger partial charge in [-0.3, -0.25) is 0 Å². The Hall–Kier alpha value is -1.06. The molecule has 3 nitrogen and oxygen atoms in total. The number of aromatic hydroxyl groups is 1. The van der Waals surface area contributed by atoms with Gasteiger partial charge in [0, 0.05) is 11.6 Å². The first-order valence-electron chi connectivity index (χ1n) is 6.40. The monoisotopic (exact) mass is 233 g/mol. The summed E-state index contributed by atoms with van der Waals surface area (Å²) >= 11 is 0. The summed E-state index contributed by atoms with van der Waals surface area (Å²) in [5.41, 5.74) is 2.04. The van der Waals surface area contributed by atoms with E-state index < -0.39 is 0 Å². The molecular weight excluding hydrogens is 214 g/mol. The Morgan fingerprint density at radius 1 is 1.47 bits per heavy atom. The zero-order chi connectivity index (χ0) is 11.9.